The second-order valence-corrected chi connectivity index (χ2v) is 4.78. The summed E-state index contributed by atoms with van der Waals surface area (Å²) in [6.45, 7) is 0.412. The van der Waals surface area contributed by atoms with Crippen LogP contribution in [-0.4, -0.2) is 26.9 Å². The fraction of sp³-hybridized carbons (Fsp3) is 0.211. The van der Waals surface area contributed by atoms with Crippen LogP contribution >= 0.6 is 0 Å². The molecule has 0 spiro atoms. The molecule has 0 aliphatic heterocycles. The summed E-state index contributed by atoms with van der Waals surface area (Å²) < 4.78 is 15.5. The highest BCUT2D eigenvalue weighted by Gasteiger charge is 2.03. The zero-order chi connectivity index (χ0) is 17.2. The molecule has 1 amide bonds. The molecule has 0 aromatic heterocycles. The van der Waals surface area contributed by atoms with Crippen LogP contribution in [0, 0.1) is 11.8 Å². The van der Waals surface area contributed by atoms with Gasteiger partial charge in [-0.3, -0.25) is 0 Å². The number of hydrogen-bond acceptors (Lipinski definition) is 4. The molecule has 2 aromatic rings. The summed E-state index contributed by atoms with van der Waals surface area (Å²) in [5.41, 5.74) is 1.65. The number of rotatable bonds is 5. The molecule has 0 unspecified atom stereocenters. The van der Waals surface area contributed by atoms with Crippen LogP contribution in [0.25, 0.3) is 0 Å². The lowest BCUT2D eigenvalue weighted by molar-refractivity contribution is 0.141. The Morgan fingerprint density at radius 2 is 1.88 bits per heavy atom. The van der Waals surface area contributed by atoms with Crippen molar-refractivity contribution >= 4 is 6.09 Å². The highest BCUT2D eigenvalue weighted by molar-refractivity contribution is 5.67. The molecule has 0 aliphatic carbocycles. The number of hydrogen-bond donors (Lipinski definition) is 1. The minimum atomic E-state index is -0.505. The van der Waals surface area contributed by atoms with Crippen LogP contribution in [0.3, 0.4) is 0 Å². The number of amides is 1. The maximum atomic E-state index is 11.6. The van der Waals surface area contributed by atoms with Crippen LogP contribution in [0.15, 0.2) is 48.5 Å². The fourth-order valence-electron chi connectivity index (χ4n) is 1.93. The number of carbonyl (C=O) groups excluding carboxylic acids is 1. The largest absolute Gasteiger partial charge is 0.497 e. The summed E-state index contributed by atoms with van der Waals surface area (Å²) in [5, 5.41) is 2.58. The molecule has 0 saturated heterocycles. The average Bonchev–Trinajstić information content (AvgIpc) is 2.64. The van der Waals surface area contributed by atoms with Crippen molar-refractivity contribution in [3.05, 3.63) is 59.7 Å². The Labute approximate surface area is 141 Å². The quantitative estimate of drug-likeness (QED) is 0.859. The average molecular weight is 325 g/mol. The van der Waals surface area contributed by atoms with Gasteiger partial charge in [0.25, 0.3) is 0 Å². The highest BCUT2D eigenvalue weighted by atomic mass is 16.5. The summed E-state index contributed by atoms with van der Waals surface area (Å²) in [6, 6.07) is 14.8. The molecular formula is C19H19NO4. The van der Waals surface area contributed by atoms with Crippen LogP contribution in [0.5, 0.6) is 11.5 Å². The van der Waals surface area contributed by atoms with Gasteiger partial charge >= 0.3 is 6.09 Å². The Bertz CT molecular complexity index is 732. The highest BCUT2D eigenvalue weighted by Crippen LogP contribution is 2.23. The van der Waals surface area contributed by atoms with Gasteiger partial charge < -0.3 is 19.5 Å². The zero-order valence-electron chi connectivity index (χ0n) is 13.7. The van der Waals surface area contributed by atoms with E-state index in [0.29, 0.717) is 11.5 Å². The van der Waals surface area contributed by atoms with E-state index < -0.39 is 6.09 Å². The molecule has 24 heavy (non-hydrogen) atoms. The van der Waals surface area contributed by atoms with Gasteiger partial charge in [0.1, 0.15) is 18.1 Å². The van der Waals surface area contributed by atoms with E-state index >= 15 is 0 Å². The van der Waals surface area contributed by atoms with Crippen molar-refractivity contribution in [3.8, 4) is 23.3 Å². The Morgan fingerprint density at radius 3 is 2.58 bits per heavy atom. The fourth-order valence-corrected chi connectivity index (χ4v) is 1.93. The third-order valence-electron chi connectivity index (χ3n) is 3.17. The first-order valence-corrected chi connectivity index (χ1v) is 7.38. The lowest BCUT2D eigenvalue weighted by Crippen LogP contribution is -2.24. The normalized spacial score (nSPS) is 9.42. The third kappa shape index (κ3) is 5.25. The Balaban J connectivity index is 1.82. The summed E-state index contributed by atoms with van der Waals surface area (Å²) in [7, 11) is 3.16. The van der Waals surface area contributed by atoms with Crippen molar-refractivity contribution in [2.75, 3.05) is 20.8 Å². The minimum Gasteiger partial charge on any atom is -0.497 e. The number of nitrogens with one attached hydrogen (secondary N) is 1. The molecule has 1 N–H and O–H groups in total. The van der Waals surface area contributed by atoms with E-state index in [4.69, 9.17) is 14.2 Å². The van der Waals surface area contributed by atoms with Gasteiger partial charge in [-0.15, -0.1) is 0 Å². The van der Waals surface area contributed by atoms with Gasteiger partial charge in [0.05, 0.1) is 26.3 Å². The van der Waals surface area contributed by atoms with E-state index in [-0.39, 0.29) is 13.2 Å². The molecule has 0 radical (unpaired) electrons. The first-order valence-electron chi connectivity index (χ1n) is 7.38. The maximum Gasteiger partial charge on any atom is 0.408 e. The number of methoxy groups -OCH3 is 2. The van der Waals surface area contributed by atoms with Gasteiger partial charge in [-0.1, -0.05) is 42.2 Å². The first kappa shape index (κ1) is 17.2. The lowest BCUT2D eigenvalue weighted by atomic mass is 10.2. The SMILES string of the molecule is COc1ccc(C#CCNC(=O)OCc2ccccc2)c(OC)c1. The van der Waals surface area contributed by atoms with Crippen molar-refractivity contribution in [1.82, 2.24) is 5.32 Å². The molecule has 2 rings (SSSR count). The number of benzene rings is 2. The van der Waals surface area contributed by atoms with E-state index in [2.05, 4.69) is 17.2 Å². The predicted octanol–water partition coefficient (Wildman–Crippen LogP) is 2.98. The van der Waals surface area contributed by atoms with Crippen LogP contribution in [-0.2, 0) is 11.3 Å². The van der Waals surface area contributed by atoms with E-state index in [0.717, 1.165) is 11.1 Å². The van der Waals surface area contributed by atoms with Crippen molar-refractivity contribution in [2.45, 2.75) is 6.61 Å². The van der Waals surface area contributed by atoms with Gasteiger partial charge in [0.2, 0.25) is 0 Å². The van der Waals surface area contributed by atoms with Crippen LogP contribution in [0.4, 0.5) is 4.79 Å². The first-order chi connectivity index (χ1) is 11.7. The zero-order valence-corrected chi connectivity index (χ0v) is 13.7. The van der Waals surface area contributed by atoms with Crippen LogP contribution < -0.4 is 14.8 Å². The molecule has 5 heteroatoms. The molecule has 124 valence electrons. The molecule has 0 heterocycles. The Hall–Kier alpha value is -3.13. The molecule has 0 bridgehead atoms. The molecule has 5 nitrogen and oxygen atoms in total. The van der Waals surface area contributed by atoms with E-state index in [1.807, 2.05) is 30.3 Å². The lowest BCUT2D eigenvalue weighted by Gasteiger charge is -2.06. The van der Waals surface area contributed by atoms with Gasteiger partial charge in [-0.05, 0) is 17.7 Å². The van der Waals surface area contributed by atoms with E-state index in [1.165, 1.54) is 0 Å². The monoisotopic (exact) mass is 325 g/mol. The molecule has 0 atom stereocenters. The summed E-state index contributed by atoms with van der Waals surface area (Å²) in [6.07, 6.45) is -0.505. The van der Waals surface area contributed by atoms with E-state index in [9.17, 15) is 4.79 Å². The molecule has 2 aromatic carbocycles. The maximum absolute atomic E-state index is 11.6. The molecule has 0 aliphatic rings. The number of carbonyl (C=O) groups is 1. The molecule has 0 fully saturated rings. The third-order valence-corrected chi connectivity index (χ3v) is 3.17. The van der Waals surface area contributed by atoms with Gasteiger partial charge in [0.15, 0.2) is 0 Å². The van der Waals surface area contributed by atoms with Gasteiger partial charge in [-0.25, -0.2) is 4.79 Å². The minimum absolute atomic E-state index is 0.183. The summed E-state index contributed by atoms with van der Waals surface area (Å²) >= 11 is 0. The van der Waals surface area contributed by atoms with Crippen molar-refractivity contribution in [2.24, 2.45) is 0 Å². The second-order valence-electron chi connectivity index (χ2n) is 4.78. The van der Waals surface area contributed by atoms with E-state index in [1.54, 1.807) is 32.4 Å². The van der Waals surface area contributed by atoms with Crippen molar-refractivity contribution in [3.63, 3.8) is 0 Å². The smallest absolute Gasteiger partial charge is 0.408 e. The molecular weight excluding hydrogens is 306 g/mol. The second kappa shape index (κ2) is 9.11. The topological polar surface area (TPSA) is 56.8 Å². The Morgan fingerprint density at radius 1 is 1.08 bits per heavy atom. The summed E-state index contributed by atoms with van der Waals surface area (Å²) in [4.78, 5) is 11.6. The van der Waals surface area contributed by atoms with Crippen molar-refractivity contribution in [1.29, 1.82) is 0 Å². The standard InChI is InChI=1S/C19H19NO4/c1-22-17-11-10-16(18(13-17)23-2)9-6-12-20-19(21)24-14-15-7-4-3-5-8-15/h3-5,7-8,10-11,13H,12,14H2,1-2H3,(H,20,21). The number of ether oxygens (including phenoxy) is 3. The Kier molecular flexibility index (Phi) is 6.54. The van der Waals surface area contributed by atoms with Crippen LogP contribution in [0.2, 0.25) is 0 Å². The van der Waals surface area contributed by atoms with Crippen molar-refractivity contribution < 1.29 is 19.0 Å². The molecule has 0 saturated carbocycles. The summed E-state index contributed by atoms with van der Waals surface area (Å²) in [5.74, 6) is 7.12. The predicted molar refractivity (Wildman–Crippen MR) is 91.1 cm³/mol. The number of alkyl carbamates (subject to hydrolysis) is 1. The van der Waals surface area contributed by atoms with Gasteiger partial charge in [0, 0.05) is 6.07 Å². The van der Waals surface area contributed by atoms with Crippen LogP contribution in [0.1, 0.15) is 11.1 Å². The van der Waals surface area contributed by atoms with Gasteiger partial charge in [-0.2, -0.15) is 0 Å².